The predicted octanol–water partition coefficient (Wildman–Crippen LogP) is 4.60. The highest BCUT2D eigenvalue weighted by molar-refractivity contribution is 14.1. The van der Waals surface area contributed by atoms with Gasteiger partial charge in [-0.25, -0.2) is 0 Å². The maximum Gasteiger partial charge on any atom is 0.0247 e. The Morgan fingerprint density at radius 3 is 2.27 bits per heavy atom. The summed E-state index contributed by atoms with van der Waals surface area (Å²) in [5.74, 6) is 0. The van der Waals surface area contributed by atoms with Crippen molar-refractivity contribution in [1.29, 1.82) is 0 Å². The summed E-state index contributed by atoms with van der Waals surface area (Å²) >= 11 is 2.39. The number of alkyl halides is 1. The van der Waals surface area contributed by atoms with E-state index in [9.17, 15) is 0 Å². The molecule has 15 heavy (non-hydrogen) atoms. The first-order valence-electron chi connectivity index (χ1n) is 5.01. The van der Waals surface area contributed by atoms with Crippen molar-refractivity contribution in [3.63, 3.8) is 0 Å². The number of halogens is 1. The van der Waals surface area contributed by atoms with Crippen LogP contribution in [0.2, 0.25) is 0 Å². The maximum atomic E-state index is 2.39. The zero-order chi connectivity index (χ0) is 10.7. The summed E-state index contributed by atoms with van der Waals surface area (Å²) in [6, 6.07) is 17.4. The lowest BCUT2D eigenvalue weighted by molar-refractivity contribution is 1.43. The van der Waals surface area contributed by atoms with Gasteiger partial charge in [0.05, 0.1) is 0 Å². The molecule has 1 heteroatoms. The van der Waals surface area contributed by atoms with Gasteiger partial charge < -0.3 is 0 Å². The maximum absolute atomic E-state index is 2.39. The highest BCUT2D eigenvalue weighted by Gasteiger charge is 1.97. The number of hydrogen-bond donors (Lipinski definition) is 0. The van der Waals surface area contributed by atoms with Gasteiger partial charge in [-0.3, -0.25) is 0 Å². The van der Waals surface area contributed by atoms with Gasteiger partial charge >= 0.3 is 0 Å². The molecule has 0 saturated heterocycles. The fourth-order valence-electron chi connectivity index (χ4n) is 1.61. The van der Waals surface area contributed by atoms with Crippen LogP contribution in [0.3, 0.4) is 0 Å². The van der Waals surface area contributed by atoms with Crippen LogP contribution in [-0.4, -0.2) is 0 Å². The second-order valence-corrected chi connectivity index (χ2v) is 4.46. The Bertz CT molecular complexity index is 443. The van der Waals surface area contributed by atoms with E-state index in [0.29, 0.717) is 0 Å². The molecule has 0 N–H and O–H groups in total. The quantitative estimate of drug-likeness (QED) is 0.562. The Labute approximate surface area is 104 Å². The highest BCUT2D eigenvalue weighted by atomic mass is 127. The van der Waals surface area contributed by atoms with Gasteiger partial charge in [0, 0.05) is 4.43 Å². The molecule has 0 aromatic heterocycles. The number of hydrogen-bond acceptors (Lipinski definition) is 0. The summed E-state index contributed by atoms with van der Waals surface area (Å²) in [4.78, 5) is 0. The number of benzene rings is 2. The van der Waals surface area contributed by atoms with E-state index in [1.54, 1.807) is 0 Å². The van der Waals surface area contributed by atoms with Gasteiger partial charge in [0.1, 0.15) is 0 Å². The van der Waals surface area contributed by atoms with Gasteiger partial charge in [0.2, 0.25) is 0 Å². The van der Waals surface area contributed by atoms with Gasteiger partial charge in [-0.15, -0.1) is 0 Å². The molecule has 0 amide bonds. The first-order valence-corrected chi connectivity index (χ1v) is 6.54. The van der Waals surface area contributed by atoms with Crippen LogP contribution in [0, 0.1) is 6.92 Å². The monoisotopic (exact) mass is 308 g/mol. The first-order chi connectivity index (χ1) is 7.29. The van der Waals surface area contributed by atoms with Gasteiger partial charge in [0.15, 0.2) is 0 Å². The largest absolute Gasteiger partial charge is 0.0812 e. The van der Waals surface area contributed by atoms with Crippen molar-refractivity contribution < 1.29 is 0 Å². The normalized spacial score (nSPS) is 10.3. The molecule has 0 heterocycles. The van der Waals surface area contributed by atoms with Crippen LogP contribution in [0.15, 0.2) is 48.5 Å². The summed E-state index contributed by atoms with van der Waals surface area (Å²) in [5.41, 5.74) is 5.29. The minimum Gasteiger partial charge on any atom is -0.0812 e. The lowest BCUT2D eigenvalue weighted by Gasteiger charge is -2.03. The van der Waals surface area contributed by atoms with Gasteiger partial charge in [-0.05, 0) is 23.6 Å². The molecule has 0 unspecified atom stereocenters. The zero-order valence-corrected chi connectivity index (χ0v) is 10.9. The van der Waals surface area contributed by atoms with E-state index in [0.717, 1.165) is 4.43 Å². The van der Waals surface area contributed by atoms with Crippen LogP contribution in [0.5, 0.6) is 0 Å². The van der Waals surface area contributed by atoms with Crippen LogP contribution in [0.1, 0.15) is 11.1 Å². The standard InChI is InChI=1S/C14H13I/c1-11-3-2-4-14(9-11)13-7-5-12(10-15)6-8-13/h2-9H,10H2,1H3. The molecular formula is C14H13I. The van der Waals surface area contributed by atoms with Crippen molar-refractivity contribution in [1.82, 2.24) is 0 Å². The molecule has 0 nitrogen and oxygen atoms in total. The molecule has 2 aromatic carbocycles. The van der Waals surface area contributed by atoms with E-state index in [2.05, 4.69) is 78.0 Å². The van der Waals surface area contributed by atoms with Crippen LogP contribution in [0.25, 0.3) is 11.1 Å². The second kappa shape index (κ2) is 4.79. The van der Waals surface area contributed by atoms with Gasteiger partial charge in [-0.1, -0.05) is 76.7 Å². The minimum atomic E-state index is 1.08. The van der Waals surface area contributed by atoms with E-state index in [-0.39, 0.29) is 0 Å². The molecule has 0 saturated carbocycles. The first kappa shape index (κ1) is 10.7. The van der Waals surface area contributed by atoms with Crippen molar-refractivity contribution in [2.45, 2.75) is 11.4 Å². The highest BCUT2D eigenvalue weighted by Crippen LogP contribution is 2.21. The number of aryl methyl sites for hydroxylation is 1. The smallest absolute Gasteiger partial charge is 0.0247 e. The van der Waals surface area contributed by atoms with E-state index >= 15 is 0 Å². The van der Waals surface area contributed by atoms with E-state index in [1.165, 1.54) is 22.3 Å². The van der Waals surface area contributed by atoms with Gasteiger partial charge in [0.25, 0.3) is 0 Å². The van der Waals surface area contributed by atoms with Crippen molar-refractivity contribution >= 4 is 22.6 Å². The fourth-order valence-corrected chi connectivity index (χ4v) is 2.12. The Kier molecular flexibility index (Phi) is 3.41. The topological polar surface area (TPSA) is 0 Å². The lowest BCUT2D eigenvalue weighted by atomic mass is 10.0. The lowest BCUT2D eigenvalue weighted by Crippen LogP contribution is -1.81. The number of rotatable bonds is 2. The average Bonchev–Trinajstić information content (AvgIpc) is 2.29. The van der Waals surface area contributed by atoms with Crippen molar-refractivity contribution in [3.8, 4) is 11.1 Å². The molecule has 0 bridgehead atoms. The third-order valence-electron chi connectivity index (χ3n) is 2.46. The summed E-state index contributed by atoms with van der Waals surface area (Å²) in [7, 11) is 0. The summed E-state index contributed by atoms with van der Waals surface area (Å²) < 4.78 is 1.08. The molecule has 0 radical (unpaired) electrons. The molecule has 76 valence electrons. The Morgan fingerprint density at radius 1 is 0.933 bits per heavy atom. The third kappa shape index (κ3) is 2.59. The van der Waals surface area contributed by atoms with Crippen LogP contribution < -0.4 is 0 Å². The molecule has 0 atom stereocenters. The predicted molar refractivity (Wildman–Crippen MR) is 74.3 cm³/mol. The molecular weight excluding hydrogens is 295 g/mol. The van der Waals surface area contributed by atoms with Crippen molar-refractivity contribution in [3.05, 3.63) is 59.7 Å². The van der Waals surface area contributed by atoms with Crippen molar-refractivity contribution in [2.75, 3.05) is 0 Å². The molecule has 0 aliphatic carbocycles. The summed E-state index contributed by atoms with van der Waals surface area (Å²) in [5, 5.41) is 0. The van der Waals surface area contributed by atoms with E-state index < -0.39 is 0 Å². The summed E-state index contributed by atoms with van der Waals surface area (Å²) in [6.07, 6.45) is 0. The Balaban J connectivity index is 2.37. The molecule has 0 aliphatic heterocycles. The minimum absolute atomic E-state index is 1.08. The van der Waals surface area contributed by atoms with Crippen LogP contribution in [0.4, 0.5) is 0 Å². The van der Waals surface area contributed by atoms with Gasteiger partial charge in [-0.2, -0.15) is 0 Å². The van der Waals surface area contributed by atoms with E-state index in [4.69, 9.17) is 0 Å². The molecule has 0 spiro atoms. The molecule has 0 aliphatic rings. The molecule has 2 aromatic rings. The molecule has 0 fully saturated rings. The Morgan fingerprint density at radius 2 is 1.67 bits per heavy atom. The second-order valence-electron chi connectivity index (χ2n) is 3.70. The third-order valence-corrected chi connectivity index (χ3v) is 3.34. The zero-order valence-electron chi connectivity index (χ0n) is 8.70. The Hall–Kier alpha value is -0.830. The van der Waals surface area contributed by atoms with Crippen molar-refractivity contribution in [2.24, 2.45) is 0 Å². The SMILES string of the molecule is Cc1cccc(-c2ccc(CI)cc2)c1. The average molecular weight is 308 g/mol. The van der Waals surface area contributed by atoms with Crippen LogP contribution >= 0.6 is 22.6 Å². The van der Waals surface area contributed by atoms with Crippen LogP contribution in [-0.2, 0) is 4.43 Å². The fraction of sp³-hybridized carbons (Fsp3) is 0.143. The van der Waals surface area contributed by atoms with E-state index in [1.807, 2.05) is 0 Å². The molecule has 2 rings (SSSR count). The summed E-state index contributed by atoms with van der Waals surface area (Å²) in [6.45, 7) is 2.13.